The van der Waals surface area contributed by atoms with E-state index in [1.165, 1.54) is 5.69 Å². The van der Waals surface area contributed by atoms with Gasteiger partial charge < -0.3 is 14.5 Å². The summed E-state index contributed by atoms with van der Waals surface area (Å²) >= 11 is 0. The summed E-state index contributed by atoms with van der Waals surface area (Å²) in [5.41, 5.74) is 2.11. The Balaban J connectivity index is 1.44. The van der Waals surface area contributed by atoms with Crippen LogP contribution in [0.4, 0.5) is 0 Å². The van der Waals surface area contributed by atoms with Crippen LogP contribution in [-0.2, 0) is 4.79 Å². The van der Waals surface area contributed by atoms with Gasteiger partial charge in [0.1, 0.15) is 5.65 Å². The maximum atomic E-state index is 12.7. The summed E-state index contributed by atoms with van der Waals surface area (Å²) in [6.07, 6.45) is 9.89. The third-order valence-electron chi connectivity index (χ3n) is 5.13. The Morgan fingerprint density at radius 3 is 3.16 bits per heavy atom. The molecule has 25 heavy (non-hydrogen) atoms. The summed E-state index contributed by atoms with van der Waals surface area (Å²) in [6.45, 7) is 3.69. The van der Waals surface area contributed by atoms with E-state index in [-0.39, 0.29) is 11.9 Å². The maximum absolute atomic E-state index is 12.7. The molecular weight excluding hydrogens is 314 g/mol. The highest BCUT2D eigenvalue weighted by Crippen LogP contribution is 2.29. The first kappa shape index (κ1) is 15.9. The standard InChI is InChI=1S/C19H23N5O/c1-14(24-9-7-20-13-24)10-18(25)23-8-3-5-16(12-23)17-11-15-4-2-6-21-19(15)22-17/h2,4,6-7,9,11,13-14,16H,3,5,8,10,12H2,1H3,(H,21,22)/t14-,16+/m0/s1. The highest BCUT2D eigenvalue weighted by Gasteiger charge is 2.26. The molecule has 6 nitrogen and oxygen atoms in total. The summed E-state index contributed by atoms with van der Waals surface area (Å²) in [5, 5.41) is 1.13. The number of pyridine rings is 1. The fourth-order valence-corrected chi connectivity index (χ4v) is 3.67. The summed E-state index contributed by atoms with van der Waals surface area (Å²) in [5.74, 6) is 0.579. The highest BCUT2D eigenvalue weighted by molar-refractivity contribution is 5.78. The predicted molar refractivity (Wildman–Crippen MR) is 96.2 cm³/mol. The lowest BCUT2D eigenvalue weighted by Gasteiger charge is -2.33. The molecule has 0 saturated carbocycles. The van der Waals surface area contributed by atoms with Gasteiger partial charge in [-0.05, 0) is 38.0 Å². The summed E-state index contributed by atoms with van der Waals surface area (Å²) in [4.78, 5) is 26.6. The van der Waals surface area contributed by atoms with Crippen LogP contribution in [0.2, 0.25) is 0 Å². The fourth-order valence-electron chi connectivity index (χ4n) is 3.67. The van der Waals surface area contributed by atoms with Crippen LogP contribution in [0.3, 0.4) is 0 Å². The van der Waals surface area contributed by atoms with Crippen molar-refractivity contribution < 1.29 is 4.79 Å². The van der Waals surface area contributed by atoms with E-state index in [4.69, 9.17) is 0 Å². The molecule has 1 N–H and O–H groups in total. The molecule has 0 aromatic carbocycles. The van der Waals surface area contributed by atoms with Gasteiger partial charge in [0.25, 0.3) is 0 Å². The molecule has 1 aliphatic heterocycles. The number of rotatable bonds is 4. The zero-order valence-corrected chi connectivity index (χ0v) is 14.4. The van der Waals surface area contributed by atoms with Crippen LogP contribution in [0.5, 0.6) is 0 Å². The molecular formula is C19H23N5O. The van der Waals surface area contributed by atoms with Crippen LogP contribution in [0.1, 0.15) is 43.8 Å². The van der Waals surface area contributed by atoms with E-state index >= 15 is 0 Å². The number of H-pyrrole nitrogens is 1. The van der Waals surface area contributed by atoms with Crippen molar-refractivity contribution >= 4 is 16.9 Å². The number of carbonyl (C=O) groups excluding carboxylic acids is 1. The Morgan fingerprint density at radius 2 is 2.36 bits per heavy atom. The number of likely N-dealkylation sites (tertiary alicyclic amines) is 1. The molecule has 1 saturated heterocycles. The second-order valence-corrected chi connectivity index (χ2v) is 6.91. The molecule has 3 aromatic rings. The second-order valence-electron chi connectivity index (χ2n) is 6.91. The first-order chi connectivity index (χ1) is 12.2. The van der Waals surface area contributed by atoms with Gasteiger partial charge in [-0.2, -0.15) is 0 Å². The van der Waals surface area contributed by atoms with Gasteiger partial charge in [-0.1, -0.05) is 0 Å². The normalized spacial score (nSPS) is 19.2. The van der Waals surface area contributed by atoms with Crippen LogP contribution >= 0.6 is 0 Å². The number of nitrogens with one attached hydrogen (secondary N) is 1. The molecule has 0 radical (unpaired) electrons. The first-order valence-corrected chi connectivity index (χ1v) is 8.89. The zero-order valence-electron chi connectivity index (χ0n) is 14.4. The van der Waals surface area contributed by atoms with Gasteiger partial charge >= 0.3 is 0 Å². The molecule has 130 valence electrons. The van der Waals surface area contributed by atoms with E-state index in [9.17, 15) is 4.79 Å². The molecule has 0 spiro atoms. The number of nitrogens with zero attached hydrogens (tertiary/aromatic N) is 4. The molecule has 1 aliphatic rings. The molecule has 1 fully saturated rings. The molecule has 4 heterocycles. The molecule has 0 bridgehead atoms. The Bertz CT molecular complexity index is 821. The minimum atomic E-state index is 0.132. The van der Waals surface area contributed by atoms with Crippen molar-refractivity contribution in [1.29, 1.82) is 0 Å². The number of fused-ring (bicyclic) bond motifs is 1. The monoisotopic (exact) mass is 337 g/mol. The molecule has 0 aliphatic carbocycles. The van der Waals surface area contributed by atoms with Gasteiger partial charge in [0.2, 0.25) is 5.91 Å². The SMILES string of the molecule is C[C@@H](CC(=O)N1CCC[C@@H](c2cc3cccnc3[nH]2)C1)n1ccnc1. The van der Waals surface area contributed by atoms with Crippen LogP contribution in [0.15, 0.2) is 43.1 Å². The van der Waals surface area contributed by atoms with Crippen LogP contribution in [0.25, 0.3) is 11.0 Å². The van der Waals surface area contributed by atoms with Crippen molar-refractivity contribution in [3.63, 3.8) is 0 Å². The number of imidazole rings is 1. The minimum absolute atomic E-state index is 0.132. The van der Waals surface area contributed by atoms with Crippen molar-refractivity contribution in [3.8, 4) is 0 Å². The number of aromatic nitrogens is 4. The van der Waals surface area contributed by atoms with Gasteiger partial charge in [-0.3, -0.25) is 4.79 Å². The average Bonchev–Trinajstić information content (AvgIpc) is 3.31. The van der Waals surface area contributed by atoms with E-state index < -0.39 is 0 Å². The topological polar surface area (TPSA) is 66.8 Å². The number of aromatic amines is 1. The number of piperidine rings is 1. The van der Waals surface area contributed by atoms with E-state index in [2.05, 4.69) is 34.0 Å². The predicted octanol–water partition coefficient (Wildman–Crippen LogP) is 3.12. The smallest absolute Gasteiger partial charge is 0.224 e. The maximum Gasteiger partial charge on any atom is 0.224 e. The van der Waals surface area contributed by atoms with E-state index in [1.54, 1.807) is 18.7 Å². The van der Waals surface area contributed by atoms with Crippen molar-refractivity contribution in [2.45, 2.75) is 38.1 Å². The largest absolute Gasteiger partial charge is 0.343 e. The van der Waals surface area contributed by atoms with E-state index in [0.717, 1.165) is 37.0 Å². The Kier molecular flexibility index (Phi) is 4.26. The van der Waals surface area contributed by atoms with Gasteiger partial charge in [-0.15, -0.1) is 0 Å². The van der Waals surface area contributed by atoms with Crippen LogP contribution < -0.4 is 0 Å². The lowest BCUT2D eigenvalue weighted by Crippen LogP contribution is -2.39. The van der Waals surface area contributed by atoms with Gasteiger partial charge in [0.05, 0.1) is 6.33 Å². The van der Waals surface area contributed by atoms with Crippen molar-refractivity contribution in [2.75, 3.05) is 13.1 Å². The lowest BCUT2D eigenvalue weighted by atomic mass is 9.94. The van der Waals surface area contributed by atoms with E-state index in [1.807, 2.05) is 21.7 Å². The average molecular weight is 337 g/mol. The quantitative estimate of drug-likeness (QED) is 0.795. The minimum Gasteiger partial charge on any atom is -0.343 e. The summed E-state index contributed by atoms with van der Waals surface area (Å²) in [6, 6.07) is 6.33. The van der Waals surface area contributed by atoms with Crippen LogP contribution in [-0.4, -0.2) is 43.4 Å². The van der Waals surface area contributed by atoms with Crippen LogP contribution in [0, 0.1) is 0 Å². The molecule has 4 rings (SSSR count). The summed E-state index contributed by atoms with van der Waals surface area (Å²) < 4.78 is 1.99. The van der Waals surface area contributed by atoms with Gasteiger partial charge in [0.15, 0.2) is 0 Å². The molecule has 6 heteroatoms. The van der Waals surface area contributed by atoms with Crippen molar-refractivity contribution in [3.05, 3.63) is 48.8 Å². The summed E-state index contributed by atoms with van der Waals surface area (Å²) in [7, 11) is 0. The number of hydrogen-bond acceptors (Lipinski definition) is 3. The number of amides is 1. The zero-order chi connectivity index (χ0) is 17.2. The highest BCUT2D eigenvalue weighted by atomic mass is 16.2. The third-order valence-corrected chi connectivity index (χ3v) is 5.13. The first-order valence-electron chi connectivity index (χ1n) is 8.89. The molecule has 0 unspecified atom stereocenters. The molecule has 1 amide bonds. The molecule has 3 aromatic heterocycles. The lowest BCUT2D eigenvalue weighted by molar-refractivity contribution is -0.133. The van der Waals surface area contributed by atoms with Crippen molar-refractivity contribution in [1.82, 2.24) is 24.4 Å². The Hall–Kier alpha value is -2.63. The van der Waals surface area contributed by atoms with E-state index in [0.29, 0.717) is 12.3 Å². The van der Waals surface area contributed by atoms with Gasteiger partial charge in [-0.25, -0.2) is 9.97 Å². The third kappa shape index (κ3) is 3.29. The fraction of sp³-hybridized carbons (Fsp3) is 0.421. The number of carbonyl (C=O) groups is 1. The Morgan fingerprint density at radius 1 is 1.44 bits per heavy atom. The van der Waals surface area contributed by atoms with Gasteiger partial charge in [0, 0.05) is 61.1 Å². The number of hydrogen-bond donors (Lipinski definition) is 1. The Labute approximate surface area is 146 Å². The second kappa shape index (κ2) is 6.70. The molecule has 2 atom stereocenters. The van der Waals surface area contributed by atoms with Crippen molar-refractivity contribution in [2.24, 2.45) is 0 Å².